The SMILES string of the molecule is C=CCNCc1cc(Br)c(OCc2ccc(Cl)cc2Cl)c(OC)c1.Cl. The van der Waals surface area contributed by atoms with Crippen molar-refractivity contribution in [2.24, 2.45) is 0 Å². The van der Waals surface area contributed by atoms with Crippen LogP contribution in [0.1, 0.15) is 11.1 Å². The summed E-state index contributed by atoms with van der Waals surface area (Å²) in [5.74, 6) is 1.29. The molecule has 0 spiro atoms. The van der Waals surface area contributed by atoms with E-state index in [9.17, 15) is 0 Å². The van der Waals surface area contributed by atoms with Crippen molar-refractivity contribution >= 4 is 51.5 Å². The molecule has 25 heavy (non-hydrogen) atoms. The standard InChI is InChI=1S/C18H18BrCl2NO2.ClH/c1-3-6-22-10-12-7-15(19)18(17(8-12)23-2)24-11-13-4-5-14(20)9-16(13)21;/h3-5,7-9,22H,1,6,10-11H2,2H3;1H. The summed E-state index contributed by atoms with van der Waals surface area (Å²) in [5.41, 5.74) is 1.93. The zero-order chi connectivity index (χ0) is 17.5. The van der Waals surface area contributed by atoms with Crippen molar-refractivity contribution < 1.29 is 9.47 Å². The van der Waals surface area contributed by atoms with Crippen LogP contribution in [0, 0.1) is 0 Å². The molecule has 2 aromatic rings. The lowest BCUT2D eigenvalue weighted by molar-refractivity contribution is 0.282. The van der Waals surface area contributed by atoms with Crippen molar-refractivity contribution in [1.82, 2.24) is 5.32 Å². The van der Waals surface area contributed by atoms with Crippen molar-refractivity contribution in [1.29, 1.82) is 0 Å². The third-order valence-corrected chi connectivity index (χ3v) is 4.47. The molecule has 1 N–H and O–H groups in total. The Morgan fingerprint density at radius 3 is 2.64 bits per heavy atom. The van der Waals surface area contributed by atoms with Gasteiger partial charge in [-0.2, -0.15) is 0 Å². The minimum Gasteiger partial charge on any atom is -0.493 e. The topological polar surface area (TPSA) is 30.5 Å². The third kappa shape index (κ3) is 6.39. The zero-order valence-electron chi connectivity index (χ0n) is 13.7. The largest absolute Gasteiger partial charge is 0.493 e. The van der Waals surface area contributed by atoms with Crippen LogP contribution in [0.5, 0.6) is 11.5 Å². The highest BCUT2D eigenvalue weighted by atomic mass is 79.9. The van der Waals surface area contributed by atoms with Gasteiger partial charge in [-0.15, -0.1) is 19.0 Å². The number of ether oxygens (including phenoxy) is 2. The van der Waals surface area contributed by atoms with Crippen LogP contribution in [0.2, 0.25) is 10.0 Å². The summed E-state index contributed by atoms with van der Waals surface area (Å²) in [7, 11) is 1.62. The lowest BCUT2D eigenvalue weighted by atomic mass is 10.2. The van der Waals surface area contributed by atoms with E-state index in [0.717, 1.165) is 22.1 Å². The maximum atomic E-state index is 6.18. The summed E-state index contributed by atoms with van der Waals surface area (Å²) in [6.45, 7) is 5.46. The van der Waals surface area contributed by atoms with Gasteiger partial charge >= 0.3 is 0 Å². The van der Waals surface area contributed by atoms with Crippen LogP contribution >= 0.6 is 51.5 Å². The third-order valence-electron chi connectivity index (χ3n) is 3.29. The van der Waals surface area contributed by atoms with E-state index in [-0.39, 0.29) is 12.4 Å². The molecule has 136 valence electrons. The van der Waals surface area contributed by atoms with Crippen molar-refractivity contribution in [2.75, 3.05) is 13.7 Å². The van der Waals surface area contributed by atoms with Crippen LogP contribution in [-0.4, -0.2) is 13.7 Å². The van der Waals surface area contributed by atoms with E-state index in [2.05, 4.69) is 27.8 Å². The monoisotopic (exact) mass is 465 g/mol. The summed E-state index contributed by atoms with van der Waals surface area (Å²) < 4.78 is 12.2. The molecular weight excluding hydrogens is 448 g/mol. The Kier molecular flexibility index (Phi) is 9.69. The number of nitrogens with one attached hydrogen (secondary N) is 1. The number of methoxy groups -OCH3 is 1. The molecule has 0 aliphatic rings. The van der Waals surface area contributed by atoms with Gasteiger partial charge in [0.2, 0.25) is 0 Å². The number of benzene rings is 2. The molecule has 3 nitrogen and oxygen atoms in total. The van der Waals surface area contributed by atoms with Crippen molar-refractivity contribution in [3.05, 3.63) is 68.6 Å². The van der Waals surface area contributed by atoms with Crippen LogP contribution in [0.15, 0.2) is 47.5 Å². The second kappa shape index (κ2) is 10.9. The predicted molar refractivity (Wildman–Crippen MR) is 111 cm³/mol. The van der Waals surface area contributed by atoms with E-state index in [1.165, 1.54) is 0 Å². The zero-order valence-corrected chi connectivity index (χ0v) is 17.6. The van der Waals surface area contributed by atoms with E-state index in [1.54, 1.807) is 19.2 Å². The minimum atomic E-state index is 0. The van der Waals surface area contributed by atoms with Gasteiger partial charge in [-0.1, -0.05) is 35.3 Å². The molecule has 0 unspecified atom stereocenters. The molecule has 0 aromatic heterocycles. The van der Waals surface area contributed by atoms with Gasteiger partial charge in [-0.3, -0.25) is 0 Å². The Morgan fingerprint density at radius 1 is 1.24 bits per heavy atom. The molecule has 7 heteroatoms. The number of hydrogen-bond donors (Lipinski definition) is 1. The maximum absolute atomic E-state index is 6.18. The molecule has 0 fully saturated rings. The van der Waals surface area contributed by atoms with Gasteiger partial charge in [-0.25, -0.2) is 0 Å². The molecule has 0 heterocycles. The van der Waals surface area contributed by atoms with Crippen LogP contribution in [0.4, 0.5) is 0 Å². The van der Waals surface area contributed by atoms with E-state index in [1.807, 2.05) is 24.3 Å². The van der Waals surface area contributed by atoms with Gasteiger partial charge in [0, 0.05) is 28.7 Å². The van der Waals surface area contributed by atoms with Gasteiger partial charge in [0.05, 0.1) is 11.6 Å². The van der Waals surface area contributed by atoms with Gasteiger partial charge in [0.25, 0.3) is 0 Å². The van der Waals surface area contributed by atoms with E-state index in [4.69, 9.17) is 32.7 Å². The lowest BCUT2D eigenvalue weighted by Crippen LogP contribution is -2.12. The first-order valence-corrected chi connectivity index (χ1v) is 8.84. The summed E-state index contributed by atoms with van der Waals surface area (Å²) in [5, 5.41) is 4.42. The Bertz CT molecular complexity index is 726. The fourth-order valence-corrected chi connectivity index (χ4v) is 3.19. The Hall–Kier alpha value is -0.910. The fourth-order valence-electron chi connectivity index (χ4n) is 2.12. The highest BCUT2D eigenvalue weighted by Gasteiger charge is 2.13. The van der Waals surface area contributed by atoms with Crippen molar-refractivity contribution in [2.45, 2.75) is 13.2 Å². The lowest BCUT2D eigenvalue weighted by Gasteiger charge is -2.15. The van der Waals surface area contributed by atoms with Crippen LogP contribution in [-0.2, 0) is 13.2 Å². The van der Waals surface area contributed by atoms with Crippen LogP contribution in [0.3, 0.4) is 0 Å². The summed E-state index contributed by atoms with van der Waals surface area (Å²) >= 11 is 15.6. The summed E-state index contributed by atoms with van der Waals surface area (Å²) in [4.78, 5) is 0. The van der Waals surface area contributed by atoms with Crippen molar-refractivity contribution in [3.8, 4) is 11.5 Å². The molecule has 2 aromatic carbocycles. The summed E-state index contributed by atoms with van der Waals surface area (Å²) in [6, 6.07) is 9.27. The van der Waals surface area contributed by atoms with E-state index < -0.39 is 0 Å². The molecule has 0 aliphatic heterocycles. The van der Waals surface area contributed by atoms with E-state index >= 15 is 0 Å². The average Bonchev–Trinajstić information content (AvgIpc) is 2.55. The molecule has 0 amide bonds. The first-order chi connectivity index (χ1) is 11.5. The number of halogens is 4. The number of rotatable bonds is 8. The maximum Gasteiger partial charge on any atom is 0.175 e. The van der Waals surface area contributed by atoms with Crippen molar-refractivity contribution in [3.63, 3.8) is 0 Å². The average molecular weight is 468 g/mol. The molecular formula is C18H19BrCl3NO2. The predicted octanol–water partition coefficient (Wildman–Crippen LogP) is 6.04. The quantitative estimate of drug-likeness (QED) is 0.379. The molecule has 0 bridgehead atoms. The van der Waals surface area contributed by atoms with Crippen LogP contribution in [0.25, 0.3) is 0 Å². The molecule has 0 aliphatic carbocycles. The van der Waals surface area contributed by atoms with Gasteiger partial charge in [0.1, 0.15) is 6.61 Å². The number of hydrogen-bond acceptors (Lipinski definition) is 3. The fraction of sp³-hybridized carbons (Fsp3) is 0.222. The molecule has 0 saturated carbocycles. The smallest absolute Gasteiger partial charge is 0.175 e. The molecule has 2 rings (SSSR count). The molecule has 0 atom stereocenters. The normalized spacial score (nSPS) is 10.1. The van der Waals surface area contributed by atoms with Gasteiger partial charge in [-0.05, 0) is 45.8 Å². The highest BCUT2D eigenvalue weighted by Crippen LogP contribution is 2.37. The van der Waals surface area contributed by atoms with Gasteiger partial charge in [0.15, 0.2) is 11.5 Å². The Morgan fingerprint density at radius 2 is 2.00 bits per heavy atom. The molecule has 0 radical (unpaired) electrons. The van der Waals surface area contributed by atoms with E-state index in [0.29, 0.717) is 34.7 Å². The van der Waals surface area contributed by atoms with Gasteiger partial charge < -0.3 is 14.8 Å². The first-order valence-electron chi connectivity index (χ1n) is 7.30. The first kappa shape index (κ1) is 22.1. The Balaban J connectivity index is 0.00000312. The highest BCUT2D eigenvalue weighted by molar-refractivity contribution is 9.10. The molecule has 0 saturated heterocycles. The van der Waals surface area contributed by atoms with Crippen LogP contribution < -0.4 is 14.8 Å². The Labute approximate surface area is 172 Å². The second-order valence-electron chi connectivity index (χ2n) is 5.05. The minimum absolute atomic E-state index is 0. The second-order valence-corrected chi connectivity index (χ2v) is 6.75. The summed E-state index contributed by atoms with van der Waals surface area (Å²) in [6.07, 6.45) is 1.82.